The van der Waals surface area contributed by atoms with E-state index in [1.807, 2.05) is 36.4 Å². The first-order chi connectivity index (χ1) is 7.20. The van der Waals surface area contributed by atoms with E-state index in [-0.39, 0.29) is 0 Å². The van der Waals surface area contributed by atoms with Gasteiger partial charge in [-0.15, -0.1) is 0 Å². The van der Waals surface area contributed by atoms with Crippen LogP contribution in [-0.2, 0) is 0 Å². The normalized spacial score (nSPS) is 10.3. The Kier molecular flexibility index (Phi) is 3.65. The lowest BCUT2D eigenvalue weighted by Crippen LogP contribution is -1.83. The van der Waals surface area contributed by atoms with Crippen LogP contribution in [0.15, 0.2) is 55.9 Å². The van der Waals surface area contributed by atoms with Gasteiger partial charge in [-0.1, -0.05) is 72.1 Å². The predicted molar refractivity (Wildman–Crippen MR) is 75.0 cm³/mol. The first-order valence-corrected chi connectivity index (χ1v) is 6.77. The molecule has 76 valence electrons. The fraction of sp³-hybridized carbons (Fsp3) is 0. The van der Waals surface area contributed by atoms with Crippen molar-refractivity contribution in [1.82, 2.24) is 0 Å². The molecular formula is C12H7Br3. The molecule has 2 aromatic rings. The predicted octanol–water partition coefficient (Wildman–Crippen LogP) is 5.64. The molecule has 0 fully saturated rings. The monoisotopic (exact) mass is 388 g/mol. The minimum Gasteiger partial charge on any atom is -0.0616 e. The average Bonchev–Trinajstić information content (AvgIpc) is 2.20. The summed E-state index contributed by atoms with van der Waals surface area (Å²) in [5.74, 6) is 0. The van der Waals surface area contributed by atoms with Crippen molar-refractivity contribution in [2.75, 3.05) is 0 Å². The minimum absolute atomic E-state index is 1.09. The second-order valence-electron chi connectivity index (χ2n) is 3.08. The summed E-state index contributed by atoms with van der Waals surface area (Å²) in [4.78, 5) is 0. The first kappa shape index (κ1) is 11.4. The lowest BCUT2D eigenvalue weighted by Gasteiger charge is -2.09. The van der Waals surface area contributed by atoms with Gasteiger partial charge in [-0.05, 0) is 23.8 Å². The third kappa shape index (κ3) is 2.35. The molecule has 0 aromatic heterocycles. The van der Waals surface area contributed by atoms with Crippen molar-refractivity contribution in [3.8, 4) is 11.1 Å². The average molecular weight is 391 g/mol. The largest absolute Gasteiger partial charge is 0.0616 e. The van der Waals surface area contributed by atoms with Crippen molar-refractivity contribution >= 4 is 47.8 Å². The Morgan fingerprint density at radius 1 is 0.600 bits per heavy atom. The van der Waals surface area contributed by atoms with Crippen LogP contribution in [-0.4, -0.2) is 0 Å². The highest BCUT2D eigenvalue weighted by Crippen LogP contribution is 2.38. The Labute approximate surface area is 114 Å². The maximum atomic E-state index is 3.57. The van der Waals surface area contributed by atoms with E-state index in [4.69, 9.17) is 0 Å². The zero-order chi connectivity index (χ0) is 10.8. The highest BCUT2D eigenvalue weighted by molar-refractivity contribution is 9.11. The second-order valence-corrected chi connectivity index (χ2v) is 5.64. The molecule has 0 aliphatic carbocycles. The quantitative estimate of drug-likeness (QED) is 0.591. The molecule has 3 heteroatoms. The molecule has 0 unspecified atom stereocenters. The maximum absolute atomic E-state index is 3.57. The SMILES string of the molecule is Brc1ccccc1-c1c(Br)cccc1Br. The van der Waals surface area contributed by atoms with Crippen LogP contribution in [0.1, 0.15) is 0 Å². The zero-order valence-corrected chi connectivity index (χ0v) is 12.4. The van der Waals surface area contributed by atoms with Crippen LogP contribution in [0.2, 0.25) is 0 Å². The fourth-order valence-electron chi connectivity index (χ4n) is 1.42. The lowest BCUT2D eigenvalue weighted by molar-refractivity contribution is 1.53. The summed E-state index contributed by atoms with van der Waals surface area (Å²) >= 11 is 10.7. The Hall–Kier alpha value is -0.120. The summed E-state index contributed by atoms with van der Waals surface area (Å²) in [6.07, 6.45) is 0. The van der Waals surface area contributed by atoms with E-state index < -0.39 is 0 Å². The molecule has 0 spiro atoms. The highest BCUT2D eigenvalue weighted by Gasteiger charge is 2.09. The standard InChI is InChI=1S/C12H7Br3/c13-9-5-2-1-4-8(9)12-10(14)6-3-7-11(12)15/h1-7H. The van der Waals surface area contributed by atoms with Gasteiger partial charge in [0.1, 0.15) is 0 Å². The minimum atomic E-state index is 1.09. The van der Waals surface area contributed by atoms with Gasteiger partial charge in [0.05, 0.1) is 0 Å². The second kappa shape index (κ2) is 4.81. The van der Waals surface area contributed by atoms with Crippen LogP contribution in [0.25, 0.3) is 11.1 Å². The summed E-state index contributed by atoms with van der Waals surface area (Å²) in [6.45, 7) is 0. The molecule has 0 saturated heterocycles. The van der Waals surface area contributed by atoms with Crippen LogP contribution in [0, 0.1) is 0 Å². The van der Waals surface area contributed by atoms with E-state index in [0.717, 1.165) is 13.4 Å². The van der Waals surface area contributed by atoms with E-state index in [9.17, 15) is 0 Å². The Morgan fingerprint density at radius 2 is 1.13 bits per heavy atom. The number of hydrogen-bond donors (Lipinski definition) is 0. The van der Waals surface area contributed by atoms with Gasteiger partial charge in [0.15, 0.2) is 0 Å². The van der Waals surface area contributed by atoms with Gasteiger partial charge in [0, 0.05) is 19.0 Å². The number of hydrogen-bond acceptors (Lipinski definition) is 0. The molecule has 0 atom stereocenters. The van der Waals surface area contributed by atoms with Crippen molar-refractivity contribution in [2.45, 2.75) is 0 Å². The third-order valence-corrected chi connectivity index (χ3v) is 4.12. The Bertz CT molecular complexity index is 472. The van der Waals surface area contributed by atoms with E-state index in [2.05, 4.69) is 53.9 Å². The highest BCUT2D eigenvalue weighted by atomic mass is 79.9. The summed E-state index contributed by atoms with van der Waals surface area (Å²) < 4.78 is 3.27. The van der Waals surface area contributed by atoms with Crippen LogP contribution in [0.3, 0.4) is 0 Å². The first-order valence-electron chi connectivity index (χ1n) is 4.39. The van der Waals surface area contributed by atoms with Gasteiger partial charge < -0.3 is 0 Å². The van der Waals surface area contributed by atoms with Crippen molar-refractivity contribution in [3.63, 3.8) is 0 Å². The number of halogens is 3. The van der Waals surface area contributed by atoms with Gasteiger partial charge >= 0.3 is 0 Å². The molecular weight excluding hydrogens is 384 g/mol. The van der Waals surface area contributed by atoms with Gasteiger partial charge in [-0.3, -0.25) is 0 Å². The summed E-state index contributed by atoms with van der Waals surface area (Å²) in [6, 6.07) is 14.3. The van der Waals surface area contributed by atoms with E-state index in [0.29, 0.717) is 0 Å². The van der Waals surface area contributed by atoms with Crippen molar-refractivity contribution in [1.29, 1.82) is 0 Å². The van der Waals surface area contributed by atoms with Crippen LogP contribution < -0.4 is 0 Å². The van der Waals surface area contributed by atoms with Crippen LogP contribution in [0.5, 0.6) is 0 Å². The van der Waals surface area contributed by atoms with Crippen molar-refractivity contribution in [3.05, 3.63) is 55.9 Å². The molecule has 0 nitrogen and oxygen atoms in total. The third-order valence-electron chi connectivity index (χ3n) is 2.11. The van der Waals surface area contributed by atoms with Gasteiger partial charge in [0.2, 0.25) is 0 Å². The Balaban J connectivity index is 2.69. The molecule has 0 saturated carbocycles. The van der Waals surface area contributed by atoms with Crippen molar-refractivity contribution in [2.24, 2.45) is 0 Å². The van der Waals surface area contributed by atoms with Gasteiger partial charge in [0.25, 0.3) is 0 Å². The molecule has 0 radical (unpaired) electrons. The Morgan fingerprint density at radius 3 is 1.73 bits per heavy atom. The van der Waals surface area contributed by atoms with E-state index in [1.54, 1.807) is 0 Å². The number of rotatable bonds is 1. The fourth-order valence-corrected chi connectivity index (χ4v) is 3.33. The topological polar surface area (TPSA) is 0 Å². The van der Waals surface area contributed by atoms with Gasteiger partial charge in [-0.2, -0.15) is 0 Å². The number of benzene rings is 2. The zero-order valence-electron chi connectivity index (χ0n) is 7.68. The van der Waals surface area contributed by atoms with Crippen molar-refractivity contribution < 1.29 is 0 Å². The molecule has 2 rings (SSSR count). The van der Waals surface area contributed by atoms with Crippen LogP contribution >= 0.6 is 47.8 Å². The molecule has 2 aromatic carbocycles. The molecule has 0 heterocycles. The van der Waals surface area contributed by atoms with E-state index in [1.165, 1.54) is 11.1 Å². The van der Waals surface area contributed by atoms with Crippen LogP contribution in [0.4, 0.5) is 0 Å². The molecule has 0 amide bonds. The molecule has 0 N–H and O–H groups in total. The molecule has 0 bridgehead atoms. The molecule has 0 aliphatic rings. The molecule has 0 aliphatic heterocycles. The van der Waals surface area contributed by atoms with E-state index >= 15 is 0 Å². The molecule has 15 heavy (non-hydrogen) atoms. The lowest BCUT2D eigenvalue weighted by atomic mass is 10.1. The smallest absolute Gasteiger partial charge is 0.0265 e. The summed E-state index contributed by atoms with van der Waals surface area (Å²) in [7, 11) is 0. The van der Waals surface area contributed by atoms with Gasteiger partial charge in [-0.25, -0.2) is 0 Å². The maximum Gasteiger partial charge on any atom is 0.0265 e. The summed E-state index contributed by atoms with van der Waals surface area (Å²) in [5.41, 5.74) is 2.35. The summed E-state index contributed by atoms with van der Waals surface area (Å²) in [5, 5.41) is 0.